The van der Waals surface area contributed by atoms with Crippen LogP contribution in [-0.4, -0.2) is 140 Å². The number of unbranched alkanes of at least 4 members (excludes halogenated alkanes) is 26. The van der Waals surface area contributed by atoms with Gasteiger partial charge in [-0.2, -0.15) is 0 Å². The molecule has 72 heavy (non-hydrogen) atoms. The van der Waals surface area contributed by atoms with Gasteiger partial charge in [-0.05, 0) is 70.6 Å². The number of aliphatic hydroxyl groups excluding tert-OH is 8. The molecule has 0 radical (unpaired) electrons. The highest BCUT2D eigenvalue weighted by molar-refractivity contribution is 5.76. The van der Waals surface area contributed by atoms with Crippen LogP contribution in [0.3, 0.4) is 0 Å². The van der Waals surface area contributed by atoms with Crippen LogP contribution in [0.2, 0.25) is 0 Å². The molecule has 0 aromatic carbocycles. The van der Waals surface area contributed by atoms with Crippen LogP contribution in [0.25, 0.3) is 0 Å². The molecule has 0 spiro atoms. The van der Waals surface area contributed by atoms with Crippen molar-refractivity contribution in [1.29, 1.82) is 0 Å². The maximum atomic E-state index is 13.2. The van der Waals surface area contributed by atoms with E-state index < -0.39 is 86.8 Å². The summed E-state index contributed by atoms with van der Waals surface area (Å²) in [5.41, 5.74) is 0. The van der Waals surface area contributed by atoms with Gasteiger partial charge in [-0.15, -0.1) is 0 Å². The predicted octanol–water partition coefficient (Wildman–Crippen LogP) is 9.22. The number of carbonyl (C=O) groups excluding carboxylic acids is 1. The summed E-state index contributed by atoms with van der Waals surface area (Å²) in [7, 11) is 0. The number of allylic oxidation sites excluding steroid dienone is 7. The number of hydrogen-bond donors (Lipinski definition) is 9. The van der Waals surface area contributed by atoms with E-state index in [1.165, 1.54) is 122 Å². The number of nitrogens with one attached hydrogen (secondary N) is 1. The number of amides is 1. The summed E-state index contributed by atoms with van der Waals surface area (Å²) in [5, 5.41) is 86.9. The Morgan fingerprint density at radius 2 is 0.889 bits per heavy atom. The molecule has 2 aliphatic rings. The molecule has 9 N–H and O–H groups in total. The molecular weight excluding hydrogens is 919 g/mol. The average Bonchev–Trinajstić information content (AvgIpc) is 3.38. The normalized spacial score (nSPS) is 25.9. The van der Waals surface area contributed by atoms with E-state index in [0.29, 0.717) is 12.8 Å². The van der Waals surface area contributed by atoms with E-state index in [0.717, 1.165) is 64.2 Å². The zero-order valence-electron chi connectivity index (χ0n) is 44.9. The van der Waals surface area contributed by atoms with Gasteiger partial charge in [-0.1, -0.05) is 191 Å². The molecule has 0 bridgehead atoms. The fourth-order valence-corrected chi connectivity index (χ4v) is 9.26. The van der Waals surface area contributed by atoms with Crippen molar-refractivity contribution in [3.8, 4) is 0 Å². The SMILES string of the molecule is CCCCCC/C=C\CCCCCCCC(=O)NC(COC1OC(CO)C(OC2OC(CO)C(O)C(O)C2O)C(O)C1O)C(O)/C=C/CC/C=C/CC/C=C/CCCCCCCCCCCCCCCCC. The molecule has 0 aromatic heterocycles. The molecule has 0 aliphatic carbocycles. The van der Waals surface area contributed by atoms with Crippen LogP contribution in [0.15, 0.2) is 48.6 Å². The molecule has 12 atom stereocenters. The Hall–Kier alpha value is -2.05. The summed E-state index contributed by atoms with van der Waals surface area (Å²) < 4.78 is 22.7. The molecule has 2 heterocycles. The topological polar surface area (TPSA) is 228 Å². The average molecular weight is 1020 g/mol. The Labute approximate surface area is 435 Å². The van der Waals surface area contributed by atoms with E-state index in [1.807, 2.05) is 6.08 Å². The van der Waals surface area contributed by atoms with Crippen molar-refractivity contribution in [2.45, 2.75) is 293 Å². The first-order valence-corrected chi connectivity index (χ1v) is 28.9. The van der Waals surface area contributed by atoms with Crippen LogP contribution >= 0.6 is 0 Å². The largest absolute Gasteiger partial charge is 0.394 e. The van der Waals surface area contributed by atoms with E-state index in [-0.39, 0.29) is 18.9 Å². The fraction of sp³-hybridized carbons (Fsp3) is 0.845. The maximum absolute atomic E-state index is 13.2. The number of hydrogen-bond acceptors (Lipinski definition) is 13. The Kier molecular flexibility index (Phi) is 40.5. The lowest BCUT2D eigenvalue weighted by molar-refractivity contribution is -0.359. The molecule has 14 heteroatoms. The van der Waals surface area contributed by atoms with Crippen LogP contribution < -0.4 is 5.32 Å². The quantitative estimate of drug-likeness (QED) is 0.0205. The molecule has 14 nitrogen and oxygen atoms in total. The van der Waals surface area contributed by atoms with Crippen LogP contribution in [0, 0.1) is 0 Å². The van der Waals surface area contributed by atoms with Crippen molar-refractivity contribution in [1.82, 2.24) is 5.32 Å². The Morgan fingerprint density at radius 1 is 0.486 bits per heavy atom. The molecule has 0 saturated carbocycles. The van der Waals surface area contributed by atoms with Gasteiger partial charge < -0.3 is 65.1 Å². The van der Waals surface area contributed by atoms with Gasteiger partial charge in [0.15, 0.2) is 12.6 Å². The lowest BCUT2D eigenvalue weighted by Gasteiger charge is -2.46. The van der Waals surface area contributed by atoms with Crippen molar-refractivity contribution in [3.63, 3.8) is 0 Å². The highest BCUT2D eigenvalue weighted by atomic mass is 16.7. The first-order chi connectivity index (χ1) is 35.1. The predicted molar refractivity (Wildman–Crippen MR) is 286 cm³/mol. The highest BCUT2D eigenvalue weighted by Gasteiger charge is 2.51. The molecule has 2 aliphatic heterocycles. The first kappa shape index (κ1) is 66.1. The molecule has 2 saturated heterocycles. The van der Waals surface area contributed by atoms with E-state index in [4.69, 9.17) is 18.9 Å². The summed E-state index contributed by atoms with van der Waals surface area (Å²) in [4.78, 5) is 13.2. The number of ether oxygens (including phenoxy) is 4. The summed E-state index contributed by atoms with van der Waals surface area (Å²) in [6, 6.07) is -0.942. The maximum Gasteiger partial charge on any atom is 0.220 e. The fourth-order valence-electron chi connectivity index (χ4n) is 9.26. The van der Waals surface area contributed by atoms with Gasteiger partial charge in [0.2, 0.25) is 5.91 Å². The molecule has 12 unspecified atom stereocenters. The summed E-state index contributed by atoms with van der Waals surface area (Å²) in [5.74, 6) is -0.264. The third-order valence-electron chi connectivity index (χ3n) is 14.0. The van der Waals surface area contributed by atoms with Crippen molar-refractivity contribution in [2.24, 2.45) is 0 Å². The summed E-state index contributed by atoms with van der Waals surface area (Å²) in [6.45, 7) is 2.75. The third kappa shape index (κ3) is 29.9. The van der Waals surface area contributed by atoms with Gasteiger partial charge in [0.25, 0.3) is 0 Å². The van der Waals surface area contributed by atoms with E-state index in [1.54, 1.807) is 6.08 Å². The standard InChI is InChI=1S/C58H105NO13/c1-3-5-7-9-11-13-15-17-18-19-20-21-22-23-24-25-26-27-28-30-31-33-35-37-39-41-47(62)46(59-50(63)42-40-38-36-34-32-29-16-14-12-10-8-6-4-2)45-69-57-55(68)53(66)56(49(44-61)71-57)72-58-54(67)52(65)51(64)48(43-60)70-58/h14,16,26-27,31,33,39,41,46-49,51-58,60-62,64-68H,3-13,15,17-25,28-30,32,34-38,40,42-45H2,1-2H3,(H,59,63)/b16-14-,27-26+,33-31+,41-39+. The monoisotopic (exact) mass is 1020 g/mol. The highest BCUT2D eigenvalue weighted by Crippen LogP contribution is 2.30. The van der Waals surface area contributed by atoms with Gasteiger partial charge in [-0.25, -0.2) is 0 Å². The zero-order valence-corrected chi connectivity index (χ0v) is 44.9. The minimum absolute atomic E-state index is 0.259. The number of rotatable bonds is 45. The number of carbonyl (C=O) groups is 1. The molecule has 2 rings (SSSR count). The van der Waals surface area contributed by atoms with Crippen LogP contribution in [0.4, 0.5) is 0 Å². The second kappa shape index (κ2) is 44.1. The van der Waals surface area contributed by atoms with Gasteiger partial charge in [0.1, 0.15) is 48.8 Å². The summed E-state index contributed by atoms with van der Waals surface area (Å²) >= 11 is 0. The van der Waals surface area contributed by atoms with E-state index >= 15 is 0 Å². The Bertz CT molecular complexity index is 1390. The zero-order chi connectivity index (χ0) is 52.4. The molecule has 2 fully saturated rings. The van der Waals surface area contributed by atoms with Crippen molar-refractivity contribution in [2.75, 3.05) is 19.8 Å². The molecule has 0 aromatic rings. The van der Waals surface area contributed by atoms with Crippen molar-refractivity contribution >= 4 is 5.91 Å². The minimum atomic E-state index is -1.79. The Balaban J connectivity index is 1.79. The van der Waals surface area contributed by atoms with E-state index in [2.05, 4.69) is 55.6 Å². The van der Waals surface area contributed by atoms with Crippen LogP contribution in [-0.2, 0) is 23.7 Å². The minimum Gasteiger partial charge on any atom is -0.394 e. The Morgan fingerprint density at radius 3 is 1.38 bits per heavy atom. The van der Waals surface area contributed by atoms with Crippen molar-refractivity contribution < 1.29 is 64.6 Å². The van der Waals surface area contributed by atoms with Gasteiger partial charge in [0, 0.05) is 6.42 Å². The molecule has 420 valence electrons. The first-order valence-electron chi connectivity index (χ1n) is 28.9. The number of aliphatic hydroxyl groups is 8. The van der Waals surface area contributed by atoms with Gasteiger partial charge >= 0.3 is 0 Å². The molecular formula is C58H105NO13. The van der Waals surface area contributed by atoms with Crippen molar-refractivity contribution in [3.05, 3.63) is 48.6 Å². The van der Waals surface area contributed by atoms with Gasteiger partial charge in [0.05, 0.1) is 32.0 Å². The van der Waals surface area contributed by atoms with Gasteiger partial charge in [-0.3, -0.25) is 4.79 Å². The lowest BCUT2D eigenvalue weighted by Crippen LogP contribution is -2.65. The van der Waals surface area contributed by atoms with Crippen LogP contribution in [0.5, 0.6) is 0 Å². The van der Waals surface area contributed by atoms with E-state index in [9.17, 15) is 45.6 Å². The van der Waals surface area contributed by atoms with Crippen LogP contribution in [0.1, 0.15) is 219 Å². The lowest BCUT2D eigenvalue weighted by atomic mass is 9.97. The molecule has 1 amide bonds. The second-order valence-electron chi connectivity index (χ2n) is 20.4. The second-order valence-corrected chi connectivity index (χ2v) is 20.4. The smallest absolute Gasteiger partial charge is 0.220 e. The summed E-state index contributed by atoms with van der Waals surface area (Å²) in [6.07, 6.45) is 37.3. The third-order valence-corrected chi connectivity index (χ3v) is 14.0.